The molecule has 0 aromatic heterocycles. The van der Waals surface area contributed by atoms with Crippen molar-refractivity contribution < 1.29 is 19.1 Å². The summed E-state index contributed by atoms with van der Waals surface area (Å²) >= 11 is 0. The Labute approximate surface area is 133 Å². The van der Waals surface area contributed by atoms with Crippen molar-refractivity contribution in [2.45, 2.75) is 13.0 Å². The normalized spacial score (nSPS) is 15.9. The predicted molar refractivity (Wildman–Crippen MR) is 86.1 cm³/mol. The molecule has 6 nitrogen and oxygen atoms in total. The van der Waals surface area contributed by atoms with Crippen LogP contribution in [0.15, 0.2) is 42.5 Å². The van der Waals surface area contributed by atoms with Gasteiger partial charge in [0.1, 0.15) is 11.5 Å². The third kappa shape index (κ3) is 2.96. The summed E-state index contributed by atoms with van der Waals surface area (Å²) in [6, 6.07) is 12.0. The van der Waals surface area contributed by atoms with Crippen LogP contribution in [-0.4, -0.2) is 25.0 Å². The average molecular weight is 312 g/mol. The van der Waals surface area contributed by atoms with Crippen molar-refractivity contribution >= 4 is 23.2 Å². The zero-order chi connectivity index (χ0) is 16.4. The number of hydrogen-bond donors (Lipinski definition) is 2. The monoisotopic (exact) mass is 312 g/mol. The molecule has 0 fully saturated rings. The number of amides is 2. The van der Waals surface area contributed by atoms with Gasteiger partial charge in [-0.2, -0.15) is 0 Å². The van der Waals surface area contributed by atoms with Gasteiger partial charge in [-0.25, -0.2) is 0 Å². The highest BCUT2D eigenvalue weighted by atomic mass is 16.5. The number of carbonyl (C=O) groups is 2. The molecule has 0 radical (unpaired) electrons. The molecule has 3 rings (SSSR count). The number of hydrogen-bond acceptors (Lipinski definition) is 4. The van der Waals surface area contributed by atoms with Crippen molar-refractivity contribution in [3.8, 4) is 11.5 Å². The molecule has 6 heteroatoms. The number of anilines is 2. The van der Waals surface area contributed by atoms with Gasteiger partial charge in [0.25, 0.3) is 11.8 Å². The molecule has 2 N–H and O–H groups in total. The molecule has 0 saturated carbocycles. The summed E-state index contributed by atoms with van der Waals surface area (Å²) in [4.78, 5) is 24.0. The summed E-state index contributed by atoms with van der Waals surface area (Å²) in [5, 5.41) is 5.53. The van der Waals surface area contributed by atoms with E-state index >= 15 is 0 Å². The summed E-state index contributed by atoms with van der Waals surface area (Å²) in [5.41, 5.74) is 1.52. The van der Waals surface area contributed by atoms with Crippen LogP contribution in [0.5, 0.6) is 11.5 Å². The van der Waals surface area contributed by atoms with E-state index in [1.807, 2.05) is 0 Å². The van der Waals surface area contributed by atoms with Gasteiger partial charge in [-0.05, 0) is 37.3 Å². The van der Waals surface area contributed by atoms with Gasteiger partial charge in [0.2, 0.25) is 0 Å². The van der Waals surface area contributed by atoms with E-state index in [9.17, 15) is 9.59 Å². The van der Waals surface area contributed by atoms with Crippen molar-refractivity contribution in [1.29, 1.82) is 0 Å². The molecule has 0 aliphatic carbocycles. The highest BCUT2D eigenvalue weighted by molar-refractivity contribution is 6.07. The van der Waals surface area contributed by atoms with Crippen molar-refractivity contribution in [2.24, 2.45) is 0 Å². The molecular weight excluding hydrogens is 296 g/mol. The van der Waals surface area contributed by atoms with E-state index < -0.39 is 6.10 Å². The molecule has 2 aromatic rings. The lowest BCUT2D eigenvalue weighted by Crippen LogP contribution is -2.34. The van der Waals surface area contributed by atoms with Gasteiger partial charge in [0.15, 0.2) is 6.10 Å². The number of carbonyl (C=O) groups excluding carboxylic acids is 2. The minimum Gasteiger partial charge on any atom is -0.496 e. The molecule has 118 valence electrons. The topological polar surface area (TPSA) is 76.7 Å². The molecule has 0 saturated heterocycles. The van der Waals surface area contributed by atoms with Gasteiger partial charge in [-0.1, -0.05) is 12.1 Å². The van der Waals surface area contributed by atoms with Crippen LogP contribution in [0, 0.1) is 0 Å². The molecule has 0 bridgehead atoms. The fraction of sp³-hybridized carbons (Fsp3) is 0.176. The minimum absolute atomic E-state index is 0.217. The summed E-state index contributed by atoms with van der Waals surface area (Å²) in [6.07, 6.45) is -0.531. The third-order valence-electron chi connectivity index (χ3n) is 3.52. The largest absolute Gasteiger partial charge is 0.496 e. The Morgan fingerprint density at radius 2 is 2.04 bits per heavy atom. The average Bonchev–Trinajstić information content (AvgIpc) is 2.56. The highest BCUT2D eigenvalue weighted by Gasteiger charge is 2.23. The van der Waals surface area contributed by atoms with Crippen LogP contribution in [0.25, 0.3) is 0 Å². The van der Waals surface area contributed by atoms with Gasteiger partial charge in [-0.3, -0.25) is 9.59 Å². The lowest BCUT2D eigenvalue weighted by Gasteiger charge is -2.23. The Hall–Kier alpha value is -3.02. The van der Waals surface area contributed by atoms with E-state index in [2.05, 4.69) is 10.6 Å². The molecule has 1 aliphatic heterocycles. The summed E-state index contributed by atoms with van der Waals surface area (Å²) in [7, 11) is 1.51. The Kier molecular flexibility index (Phi) is 3.89. The molecule has 1 atom stereocenters. The van der Waals surface area contributed by atoms with Crippen LogP contribution in [0.1, 0.15) is 17.3 Å². The Morgan fingerprint density at radius 1 is 1.26 bits per heavy atom. The van der Waals surface area contributed by atoms with Gasteiger partial charge in [-0.15, -0.1) is 0 Å². The maximum Gasteiger partial charge on any atom is 0.265 e. The van der Waals surface area contributed by atoms with Gasteiger partial charge < -0.3 is 20.1 Å². The maximum atomic E-state index is 12.4. The summed E-state index contributed by atoms with van der Waals surface area (Å²) in [5.74, 6) is 0.560. The van der Waals surface area contributed by atoms with E-state index in [0.717, 1.165) is 0 Å². The standard InChI is InChI=1S/C17H16N2O4/c1-10-16(20)19-13-9-11(7-8-15(13)23-10)18-17(21)12-5-3-4-6-14(12)22-2/h3-10H,1-2H3,(H,18,21)(H,19,20)/t10-/m1/s1. The van der Waals surface area contributed by atoms with Crippen LogP contribution in [-0.2, 0) is 4.79 Å². The van der Waals surface area contributed by atoms with Crippen LogP contribution in [0.4, 0.5) is 11.4 Å². The molecule has 23 heavy (non-hydrogen) atoms. The highest BCUT2D eigenvalue weighted by Crippen LogP contribution is 2.32. The third-order valence-corrected chi connectivity index (χ3v) is 3.52. The molecule has 1 heterocycles. The first-order valence-electron chi connectivity index (χ1n) is 7.14. The van der Waals surface area contributed by atoms with E-state index in [1.54, 1.807) is 49.4 Å². The Bertz CT molecular complexity index is 773. The Balaban J connectivity index is 1.82. The first-order valence-corrected chi connectivity index (χ1v) is 7.14. The number of methoxy groups -OCH3 is 1. The second-order valence-corrected chi connectivity index (χ2v) is 5.11. The van der Waals surface area contributed by atoms with Crippen molar-refractivity contribution in [3.05, 3.63) is 48.0 Å². The minimum atomic E-state index is -0.531. The molecule has 2 amide bonds. The maximum absolute atomic E-state index is 12.4. The molecule has 0 spiro atoms. The van der Waals surface area contributed by atoms with Crippen LogP contribution in [0.3, 0.4) is 0 Å². The number of para-hydroxylation sites is 1. The predicted octanol–water partition coefficient (Wildman–Crippen LogP) is 2.67. The number of fused-ring (bicyclic) bond motifs is 1. The second kappa shape index (κ2) is 6.00. The fourth-order valence-electron chi connectivity index (χ4n) is 2.32. The zero-order valence-corrected chi connectivity index (χ0v) is 12.8. The fourth-order valence-corrected chi connectivity index (χ4v) is 2.32. The van der Waals surface area contributed by atoms with E-state index in [-0.39, 0.29) is 11.8 Å². The number of ether oxygens (including phenoxy) is 2. The number of benzene rings is 2. The van der Waals surface area contributed by atoms with Crippen LogP contribution < -0.4 is 20.1 Å². The first kappa shape index (κ1) is 14.9. The molecule has 0 unspecified atom stereocenters. The van der Waals surface area contributed by atoms with Crippen LogP contribution in [0.2, 0.25) is 0 Å². The first-order chi connectivity index (χ1) is 11.1. The Morgan fingerprint density at radius 3 is 2.83 bits per heavy atom. The second-order valence-electron chi connectivity index (χ2n) is 5.11. The smallest absolute Gasteiger partial charge is 0.265 e. The summed E-state index contributed by atoms with van der Waals surface area (Å²) in [6.45, 7) is 1.68. The van der Waals surface area contributed by atoms with E-state index in [4.69, 9.17) is 9.47 Å². The number of nitrogens with one attached hydrogen (secondary N) is 2. The van der Waals surface area contributed by atoms with Crippen molar-refractivity contribution in [1.82, 2.24) is 0 Å². The van der Waals surface area contributed by atoms with Crippen molar-refractivity contribution in [3.63, 3.8) is 0 Å². The van der Waals surface area contributed by atoms with E-state index in [1.165, 1.54) is 7.11 Å². The lowest BCUT2D eigenvalue weighted by atomic mass is 10.1. The van der Waals surface area contributed by atoms with Gasteiger partial charge >= 0.3 is 0 Å². The SMILES string of the molecule is COc1ccccc1C(=O)Nc1ccc2c(c1)NC(=O)[C@@H](C)O2. The number of rotatable bonds is 3. The van der Waals surface area contributed by atoms with Crippen LogP contribution >= 0.6 is 0 Å². The van der Waals surface area contributed by atoms with E-state index in [0.29, 0.717) is 28.4 Å². The summed E-state index contributed by atoms with van der Waals surface area (Å²) < 4.78 is 10.7. The molecule has 2 aromatic carbocycles. The van der Waals surface area contributed by atoms with Crippen molar-refractivity contribution in [2.75, 3.05) is 17.7 Å². The molecule has 1 aliphatic rings. The molecular formula is C17H16N2O4. The van der Waals surface area contributed by atoms with Gasteiger partial charge in [0, 0.05) is 5.69 Å². The zero-order valence-electron chi connectivity index (χ0n) is 12.8. The lowest BCUT2D eigenvalue weighted by molar-refractivity contribution is -0.122. The van der Waals surface area contributed by atoms with Gasteiger partial charge in [0.05, 0.1) is 18.4 Å². The quantitative estimate of drug-likeness (QED) is 0.913.